The van der Waals surface area contributed by atoms with E-state index in [2.05, 4.69) is 26.6 Å². The van der Waals surface area contributed by atoms with Gasteiger partial charge in [-0.15, -0.1) is 0 Å². The summed E-state index contributed by atoms with van der Waals surface area (Å²) < 4.78 is 21.9. The average molecular weight is 592 g/mol. The molecule has 42 heavy (non-hydrogen) atoms. The zero-order valence-corrected chi connectivity index (χ0v) is 26.3. The van der Waals surface area contributed by atoms with Crippen molar-refractivity contribution in [3.63, 3.8) is 0 Å². The van der Waals surface area contributed by atoms with Gasteiger partial charge < -0.3 is 45.5 Å². The van der Waals surface area contributed by atoms with Gasteiger partial charge >= 0.3 is 0 Å². The summed E-state index contributed by atoms with van der Waals surface area (Å²) in [6.45, 7) is 12.2. The van der Waals surface area contributed by atoms with E-state index in [0.717, 1.165) is 101 Å². The van der Waals surface area contributed by atoms with Gasteiger partial charge in [0.15, 0.2) is 11.6 Å². The van der Waals surface area contributed by atoms with Crippen molar-refractivity contribution in [1.29, 1.82) is 0 Å². The van der Waals surface area contributed by atoms with Crippen LogP contribution in [0.1, 0.15) is 89.9 Å². The topological polar surface area (TPSA) is 97.1 Å². The summed E-state index contributed by atoms with van der Waals surface area (Å²) in [6, 6.07) is 1.84. The minimum atomic E-state index is -0.238. The summed E-state index contributed by atoms with van der Waals surface area (Å²) in [5.74, 6) is 1.65. The largest absolute Gasteiger partial charge is 0.349 e. The third-order valence-corrected chi connectivity index (χ3v) is 11.3. The van der Waals surface area contributed by atoms with Gasteiger partial charge in [-0.3, -0.25) is 0 Å². The molecular weight excluding hydrogens is 530 g/mol. The lowest BCUT2D eigenvalue weighted by Gasteiger charge is -2.32. The fourth-order valence-electron chi connectivity index (χ4n) is 8.35. The van der Waals surface area contributed by atoms with Crippen molar-refractivity contribution < 1.29 is 18.9 Å². The van der Waals surface area contributed by atoms with Gasteiger partial charge in [-0.25, -0.2) is 0 Å². The van der Waals surface area contributed by atoms with Crippen molar-refractivity contribution in [2.45, 2.75) is 114 Å². The summed E-state index contributed by atoms with van der Waals surface area (Å²) >= 11 is 0. The predicted molar refractivity (Wildman–Crippen MR) is 166 cm³/mol. The molecule has 0 radical (unpaired) electrons. The molecule has 0 aromatic rings. The molecule has 9 nitrogen and oxygen atoms in total. The van der Waals surface area contributed by atoms with Crippen LogP contribution in [0.5, 0.6) is 0 Å². The number of rotatable bonds is 0. The van der Waals surface area contributed by atoms with Crippen LogP contribution >= 0.6 is 0 Å². The van der Waals surface area contributed by atoms with Crippen LogP contribution in [0.25, 0.3) is 0 Å². The van der Waals surface area contributed by atoms with Gasteiger partial charge in [0.25, 0.3) is 0 Å². The van der Waals surface area contributed by atoms with Crippen LogP contribution < -0.4 is 26.6 Å². The lowest BCUT2D eigenvalue weighted by Crippen LogP contribution is -2.42. The molecule has 7 aliphatic heterocycles. The number of hydrogen-bond donors (Lipinski definition) is 5. The third kappa shape index (κ3) is 8.88. The first-order chi connectivity index (χ1) is 20.7. The number of ether oxygens (including phenoxy) is 4. The van der Waals surface area contributed by atoms with Gasteiger partial charge in [-0.2, -0.15) is 0 Å². The molecule has 4 atom stereocenters. The van der Waals surface area contributed by atoms with E-state index in [1.807, 2.05) is 0 Å². The summed E-state index contributed by atoms with van der Waals surface area (Å²) in [6.07, 6.45) is 19.3. The Morgan fingerprint density at radius 1 is 0.524 bits per heavy atom. The maximum Gasteiger partial charge on any atom is 0.182 e. The molecule has 7 saturated heterocycles. The van der Waals surface area contributed by atoms with E-state index in [-0.39, 0.29) is 11.6 Å². The molecule has 3 aliphatic carbocycles. The molecule has 5 N–H and O–H groups in total. The normalized spacial score (nSPS) is 37.1. The third-order valence-electron chi connectivity index (χ3n) is 11.3. The fraction of sp³-hybridized carbons (Fsp3) is 1.00. The molecule has 242 valence electrons. The zero-order valence-electron chi connectivity index (χ0n) is 26.3. The van der Waals surface area contributed by atoms with Gasteiger partial charge in [-0.05, 0) is 101 Å². The van der Waals surface area contributed by atoms with Gasteiger partial charge in [0.2, 0.25) is 0 Å². The smallest absolute Gasteiger partial charge is 0.182 e. The Kier molecular flexibility index (Phi) is 11.5. The Bertz CT molecular complexity index is 732. The molecule has 10 rings (SSSR count). The molecule has 3 spiro atoms. The molecular formula is C33H61N5O4. The van der Waals surface area contributed by atoms with Gasteiger partial charge in [0.05, 0.1) is 26.4 Å². The number of nitrogens with one attached hydrogen (secondary N) is 5. The van der Waals surface area contributed by atoms with E-state index in [9.17, 15) is 0 Å². The first-order valence-corrected chi connectivity index (χ1v) is 17.8. The van der Waals surface area contributed by atoms with E-state index in [0.29, 0.717) is 0 Å². The number of hydrogen-bond acceptors (Lipinski definition) is 9. The van der Waals surface area contributed by atoms with Gasteiger partial charge in [0.1, 0.15) is 0 Å². The van der Waals surface area contributed by atoms with Crippen LogP contribution in [0.2, 0.25) is 0 Å². The van der Waals surface area contributed by atoms with E-state index in [4.69, 9.17) is 18.9 Å². The lowest BCUT2D eigenvalue weighted by molar-refractivity contribution is -0.253. The Morgan fingerprint density at radius 2 is 1.19 bits per heavy atom. The lowest BCUT2D eigenvalue weighted by atomic mass is 9.86. The Morgan fingerprint density at radius 3 is 1.64 bits per heavy atom. The number of fused-ring (bicyclic) bond motifs is 3. The molecule has 0 amide bonds. The maximum atomic E-state index is 5.54. The van der Waals surface area contributed by atoms with Crippen LogP contribution in [-0.4, -0.2) is 102 Å². The van der Waals surface area contributed by atoms with E-state index in [1.54, 1.807) is 0 Å². The van der Waals surface area contributed by atoms with E-state index in [1.165, 1.54) is 96.8 Å². The minimum absolute atomic E-state index is 0.222. The van der Waals surface area contributed by atoms with Crippen LogP contribution in [0.3, 0.4) is 0 Å². The highest BCUT2D eigenvalue weighted by molar-refractivity contribution is 4.98. The second kappa shape index (κ2) is 15.3. The Balaban J connectivity index is 0.0000000945. The van der Waals surface area contributed by atoms with Crippen molar-refractivity contribution in [2.24, 2.45) is 17.3 Å². The van der Waals surface area contributed by atoms with Crippen molar-refractivity contribution in [2.75, 3.05) is 78.8 Å². The molecule has 10 aliphatic rings. The minimum Gasteiger partial charge on any atom is -0.349 e. The first kappa shape index (κ1) is 31.6. The van der Waals surface area contributed by atoms with Crippen molar-refractivity contribution >= 4 is 0 Å². The highest BCUT2D eigenvalue weighted by atomic mass is 16.7. The molecule has 7 heterocycles. The van der Waals surface area contributed by atoms with Crippen LogP contribution in [0, 0.1) is 17.3 Å². The fourth-order valence-corrected chi connectivity index (χ4v) is 8.35. The zero-order chi connectivity index (χ0) is 28.6. The summed E-state index contributed by atoms with van der Waals surface area (Å²) in [5.41, 5.74) is 0.833. The average Bonchev–Trinajstić information content (AvgIpc) is 3.82. The highest BCUT2D eigenvalue weighted by Gasteiger charge is 2.44. The summed E-state index contributed by atoms with van der Waals surface area (Å²) in [7, 11) is 0. The quantitative estimate of drug-likeness (QED) is 0.291. The molecule has 3 saturated carbocycles. The molecule has 9 heteroatoms. The second-order valence-corrected chi connectivity index (χ2v) is 14.5. The van der Waals surface area contributed by atoms with Crippen LogP contribution in [0.4, 0.5) is 0 Å². The maximum absolute atomic E-state index is 5.54. The highest BCUT2D eigenvalue weighted by Crippen LogP contribution is 2.50. The van der Waals surface area contributed by atoms with Crippen LogP contribution in [0.15, 0.2) is 0 Å². The van der Waals surface area contributed by atoms with Crippen molar-refractivity contribution in [1.82, 2.24) is 26.6 Å². The number of piperidine rings is 1. The molecule has 4 unspecified atom stereocenters. The SMILES string of the molecule is C1CC2(CC2)CN1.C1CC2(CN1)OCCO2.C1CC2CC1CN2.C1CCC2NCCC2C1.C1COC2(CCNC2)OC1. The predicted octanol–water partition coefficient (Wildman–Crippen LogP) is 2.89. The second-order valence-electron chi connectivity index (χ2n) is 14.5. The van der Waals surface area contributed by atoms with Gasteiger partial charge in [0, 0.05) is 57.6 Å². The van der Waals surface area contributed by atoms with E-state index < -0.39 is 0 Å². The first-order valence-electron chi connectivity index (χ1n) is 17.8. The van der Waals surface area contributed by atoms with Crippen molar-refractivity contribution in [3.05, 3.63) is 0 Å². The Hall–Kier alpha value is -0.360. The van der Waals surface area contributed by atoms with Crippen molar-refractivity contribution in [3.8, 4) is 0 Å². The Labute approximate surface area is 255 Å². The standard InChI is InChI=1S/C8H15N.C7H13NO2.C6H11NO2.2C6H11N/c1-2-4-8-7(3-1)5-6-9-8;1-4-9-7(10-5-1)2-3-8-6-7;1-2-7-5-6(1)8-3-4-9-6;1-2-6-3-5(1)4-7-6;1-2-6(1)3-4-7-5-6/h7-9H,1-6H2;8H,1-6H2;7H,1-5H2;5-7H,1-4H2;7H,1-5H2. The monoisotopic (exact) mass is 591 g/mol. The molecule has 10 fully saturated rings. The molecule has 0 aromatic carbocycles. The van der Waals surface area contributed by atoms with Crippen LogP contribution in [-0.2, 0) is 18.9 Å². The molecule has 2 bridgehead atoms. The summed E-state index contributed by atoms with van der Waals surface area (Å²) in [4.78, 5) is 0. The van der Waals surface area contributed by atoms with E-state index >= 15 is 0 Å². The van der Waals surface area contributed by atoms with Gasteiger partial charge in [-0.1, -0.05) is 12.8 Å². The summed E-state index contributed by atoms with van der Waals surface area (Å²) in [5, 5.41) is 16.8. The molecule has 0 aromatic heterocycles.